The highest BCUT2D eigenvalue weighted by atomic mass is 16.5. The van der Waals surface area contributed by atoms with Crippen LogP contribution in [-0.4, -0.2) is 12.5 Å². The molecular formula is C22H29NO2. The van der Waals surface area contributed by atoms with E-state index in [1.165, 1.54) is 25.7 Å². The first-order valence-corrected chi connectivity index (χ1v) is 9.21. The molecular weight excluding hydrogens is 310 g/mol. The minimum absolute atomic E-state index is 0.101. The van der Waals surface area contributed by atoms with Crippen LogP contribution in [0, 0.1) is 13.8 Å². The molecule has 2 rings (SSSR count). The maximum atomic E-state index is 12.4. The number of hydrogen-bond donors (Lipinski definition) is 1. The van der Waals surface area contributed by atoms with Crippen LogP contribution in [0.3, 0.4) is 0 Å². The van der Waals surface area contributed by atoms with E-state index in [1.807, 2.05) is 50.2 Å². The molecule has 0 aromatic heterocycles. The Morgan fingerprint density at radius 3 is 2.20 bits per heavy atom. The second-order valence-electron chi connectivity index (χ2n) is 6.62. The molecule has 0 aliphatic heterocycles. The molecule has 0 fully saturated rings. The molecule has 0 spiro atoms. The predicted molar refractivity (Wildman–Crippen MR) is 105 cm³/mol. The second-order valence-corrected chi connectivity index (χ2v) is 6.62. The number of carbonyl (C=O) groups is 1. The molecule has 0 saturated heterocycles. The molecule has 134 valence electrons. The lowest BCUT2D eigenvalue weighted by Gasteiger charge is -2.09. The van der Waals surface area contributed by atoms with Gasteiger partial charge in [-0.05, 0) is 67.8 Å². The first-order chi connectivity index (χ1) is 12.1. The molecule has 0 bridgehead atoms. The van der Waals surface area contributed by atoms with Gasteiger partial charge in [0, 0.05) is 11.3 Å². The number of ether oxygens (including phenoxy) is 1. The fraction of sp³-hybridized carbons (Fsp3) is 0.409. The van der Waals surface area contributed by atoms with E-state index in [0.717, 1.165) is 35.6 Å². The van der Waals surface area contributed by atoms with Gasteiger partial charge in [-0.25, -0.2) is 0 Å². The lowest BCUT2D eigenvalue weighted by atomic mass is 10.1. The number of hydrogen-bond acceptors (Lipinski definition) is 2. The van der Waals surface area contributed by atoms with Crippen molar-refractivity contribution >= 4 is 11.6 Å². The summed E-state index contributed by atoms with van der Waals surface area (Å²) in [6.45, 7) is 7.00. The highest BCUT2D eigenvalue weighted by Crippen LogP contribution is 2.17. The van der Waals surface area contributed by atoms with Crippen LogP contribution < -0.4 is 10.1 Å². The number of carbonyl (C=O) groups excluding carboxylic acids is 1. The molecule has 0 radical (unpaired) electrons. The third-order valence-corrected chi connectivity index (χ3v) is 4.11. The standard InChI is InChI=1S/C22H29NO2/c1-4-5-6-7-8-13-25-21-11-9-19(10-12-21)22(24)23-20-15-17(2)14-18(3)16-20/h9-12,14-16H,4-8,13H2,1-3H3,(H,23,24). The smallest absolute Gasteiger partial charge is 0.255 e. The molecule has 2 aromatic carbocycles. The van der Waals surface area contributed by atoms with Crippen molar-refractivity contribution in [3.05, 3.63) is 59.2 Å². The SMILES string of the molecule is CCCCCCCOc1ccc(C(=O)Nc2cc(C)cc(C)c2)cc1. The van der Waals surface area contributed by atoms with Crippen molar-refractivity contribution in [1.82, 2.24) is 0 Å². The van der Waals surface area contributed by atoms with E-state index in [2.05, 4.69) is 18.3 Å². The van der Waals surface area contributed by atoms with Crippen LogP contribution in [0.1, 0.15) is 60.5 Å². The van der Waals surface area contributed by atoms with Crippen molar-refractivity contribution in [2.45, 2.75) is 52.9 Å². The minimum atomic E-state index is -0.101. The van der Waals surface area contributed by atoms with Gasteiger partial charge in [0.1, 0.15) is 5.75 Å². The van der Waals surface area contributed by atoms with Gasteiger partial charge in [0.25, 0.3) is 5.91 Å². The number of rotatable bonds is 9. The fourth-order valence-electron chi connectivity index (χ4n) is 2.85. The summed E-state index contributed by atoms with van der Waals surface area (Å²) >= 11 is 0. The summed E-state index contributed by atoms with van der Waals surface area (Å²) in [5.74, 6) is 0.717. The average molecular weight is 339 g/mol. The Morgan fingerprint density at radius 1 is 0.920 bits per heavy atom. The largest absolute Gasteiger partial charge is 0.494 e. The van der Waals surface area contributed by atoms with Crippen LogP contribution in [0.5, 0.6) is 5.75 Å². The zero-order chi connectivity index (χ0) is 18.1. The Morgan fingerprint density at radius 2 is 1.56 bits per heavy atom. The van der Waals surface area contributed by atoms with Crippen molar-refractivity contribution in [3.63, 3.8) is 0 Å². The second kappa shape index (κ2) is 9.87. The van der Waals surface area contributed by atoms with E-state index in [0.29, 0.717) is 5.56 Å². The molecule has 1 amide bonds. The van der Waals surface area contributed by atoms with Crippen LogP contribution in [0.2, 0.25) is 0 Å². The van der Waals surface area contributed by atoms with E-state index in [1.54, 1.807) is 0 Å². The van der Waals surface area contributed by atoms with Gasteiger partial charge in [0.15, 0.2) is 0 Å². The third kappa shape index (κ3) is 6.61. The Balaban J connectivity index is 1.83. The van der Waals surface area contributed by atoms with Crippen LogP contribution in [0.4, 0.5) is 5.69 Å². The molecule has 3 nitrogen and oxygen atoms in total. The topological polar surface area (TPSA) is 38.3 Å². The van der Waals surface area contributed by atoms with E-state index in [9.17, 15) is 4.79 Å². The van der Waals surface area contributed by atoms with Crippen molar-refractivity contribution < 1.29 is 9.53 Å². The van der Waals surface area contributed by atoms with Crippen molar-refractivity contribution in [3.8, 4) is 5.75 Å². The van der Waals surface area contributed by atoms with E-state index >= 15 is 0 Å². The highest BCUT2D eigenvalue weighted by molar-refractivity contribution is 6.04. The van der Waals surface area contributed by atoms with Gasteiger partial charge < -0.3 is 10.1 Å². The van der Waals surface area contributed by atoms with Gasteiger partial charge in [-0.1, -0.05) is 38.7 Å². The minimum Gasteiger partial charge on any atom is -0.494 e. The number of amides is 1. The first kappa shape index (κ1) is 19.0. The molecule has 0 aliphatic rings. The fourth-order valence-corrected chi connectivity index (χ4v) is 2.85. The maximum absolute atomic E-state index is 12.4. The van der Waals surface area contributed by atoms with Gasteiger partial charge in [-0.2, -0.15) is 0 Å². The van der Waals surface area contributed by atoms with E-state index < -0.39 is 0 Å². The molecule has 3 heteroatoms. The lowest BCUT2D eigenvalue weighted by molar-refractivity contribution is 0.102. The molecule has 0 saturated carbocycles. The Hall–Kier alpha value is -2.29. The van der Waals surface area contributed by atoms with Gasteiger partial charge >= 0.3 is 0 Å². The summed E-state index contributed by atoms with van der Waals surface area (Å²) in [6.07, 6.45) is 6.12. The summed E-state index contributed by atoms with van der Waals surface area (Å²) in [7, 11) is 0. The zero-order valence-electron chi connectivity index (χ0n) is 15.6. The summed E-state index contributed by atoms with van der Waals surface area (Å²) in [4.78, 5) is 12.4. The van der Waals surface area contributed by atoms with Crippen molar-refractivity contribution in [1.29, 1.82) is 0 Å². The van der Waals surface area contributed by atoms with Gasteiger partial charge in [-0.3, -0.25) is 4.79 Å². The average Bonchev–Trinajstić information content (AvgIpc) is 2.57. The molecule has 0 unspecified atom stereocenters. The summed E-state index contributed by atoms with van der Waals surface area (Å²) in [5.41, 5.74) is 3.74. The normalized spacial score (nSPS) is 10.5. The summed E-state index contributed by atoms with van der Waals surface area (Å²) < 4.78 is 5.74. The van der Waals surface area contributed by atoms with Gasteiger partial charge in [0.2, 0.25) is 0 Å². The molecule has 0 atom stereocenters. The number of nitrogens with one attached hydrogen (secondary N) is 1. The molecule has 2 aromatic rings. The molecule has 1 N–H and O–H groups in total. The van der Waals surface area contributed by atoms with Gasteiger partial charge in [0.05, 0.1) is 6.61 Å². The third-order valence-electron chi connectivity index (χ3n) is 4.11. The molecule has 25 heavy (non-hydrogen) atoms. The predicted octanol–water partition coefficient (Wildman–Crippen LogP) is 5.90. The highest BCUT2D eigenvalue weighted by Gasteiger charge is 2.07. The van der Waals surface area contributed by atoms with Crippen molar-refractivity contribution in [2.75, 3.05) is 11.9 Å². The maximum Gasteiger partial charge on any atom is 0.255 e. The number of aryl methyl sites for hydroxylation is 2. The van der Waals surface area contributed by atoms with Crippen molar-refractivity contribution in [2.24, 2.45) is 0 Å². The molecule has 0 heterocycles. The van der Waals surface area contributed by atoms with Crippen LogP contribution in [0.25, 0.3) is 0 Å². The monoisotopic (exact) mass is 339 g/mol. The van der Waals surface area contributed by atoms with Crippen LogP contribution in [-0.2, 0) is 0 Å². The van der Waals surface area contributed by atoms with E-state index in [4.69, 9.17) is 4.74 Å². The van der Waals surface area contributed by atoms with Crippen LogP contribution in [0.15, 0.2) is 42.5 Å². The lowest BCUT2D eigenvalue weighted by Crippen LogP contribution is -2.12. The Bertz CT molecular complexity index is 657. The first-order valence-electron chi connectivity index (χ1n) is 9.21. The Kier molecular flexibility index (Phi) is 7.52. The summed E-state index contributed by atoms with van der Waals surface area (Å²) in [5, 5.41) is 2.95. The summed E-state index contributed by atoms with van der Waals surface area (Å²) in [6, 6.07) is 13.4. The Labute approximate surface area is 151 Å². The van der Waals surface area contributed by atoms with Gasteiger partial charge in [-0.15, -0.1) is 0 Å². The van der Waals surface area contributed by atoms with E-state index in [-0.39, 0.29) is 5.91 Å². The number of benzene rings is 2. The zero-order valence-corrected chi connectivity index (χ0v) is 15.6. The molecule has 0 aliphatic carbocycles. The quantitative estimate of drug-likeness (QED) is 0.577. The number of anilines is 1. The van der Waals surface area contributed by atoms with Crippen LogP contribution >= 0.6 is 0 Å². The number of unbranched alkanes of at least 4 members (excludes halogenated alkanes) is 4.